The third-order valence-electron chi connectivity index (χ3n) is 4.45. The minimum absolute atomic E-state index is 0.205. The van der Waals surface area contributed by atoms with E-state index in [1.165, 1.54) is 25.7 Å². The van der Waals surface area contributed by atoms with Gasteiger partial charge in [-0.3, -0.25) is 4.90 Å². The fraction of sp³-hybridized carbons (Fsp3) is 1.00. The molecule has 1 unspecified atom stereocenters. The van der Waals surface area contributed by atoms with Crippen LogP contribution in [-0.4, -0.2) is 41.3 Å². The van der Waals surface area contributed by atoms with Crippen molar-refractivity contribution in [2.75, 3.05) is 19.6 Å². The number of rotatable bonds is 6. The van der Waals surface area contributed by atoms with Crippen LogP contribution in [0.4, 0.5) is 0 Å². The van der Waals surface area contributed by atoms with Crippen LogP contribution in [0, 0.1) is 5.92 Å². The molecule has 102 valence electrons. The first-order valence-electron chi connectivity index (χ1n) is 7.17. The van der Waals surface area contributed by atoms with E-state index >= 15 is 0 Å². The van der Waals surface area contributed by atoms with Crippen LogP contribution in [0.15, 0.2) is 0 Å². The van der Waals surface area contributed by atoms with Crippen molar-refractivity contribution < 1.29 is 5.11 Å². The second-order valence-corrected chi connectivity index (χ2v) is 5.83. The summed E-state index contributed by atoms with van der Waals surface area (Å²) in [6.07, 6.45) is 5.67. The molecule has 3 nitrogen and oxygen atoms in total. The molecule has 1 fully saturated rings. The van der Waals surface area contributed by atoms with Gasteiger partial charge in [0.1, 0.15) is 0 Å². The molecule has 0 spiro atoms. The number of hydrogen-bond donors (Lipinski definition) is 2. The Morgan fingerprint density at radius 1 is 1.41 bits per heavy atom. The van der Waals surface area contributed by atoms with Crippen LogP contribution in [0.3, 0.4) is 0 Å². The van der Waals surface area contributed by atoms with E-state index in [4.69, 9.17) is 5.73 Å². The van der Waals surface area contributed by atoms with Gasteiger partial charge >= 0.3 is 0 Å². The van der Waals surface area contributed by atoms with E-state index in [-0.39, 0.29) is 11.6 Å². The molecule has 0 heterocycles. The number of nitrogens with zero attached hydrogens (tertiary/aromatic N) is 1. The van der Waals surface area contributed by atoms with E-state index in [0.29, 0.717) is 0 Å². The molecule has 0 bridgehead atoms. The van der Waals surface area contributed by atoms with Crippen LogP contribution in [0.5, 0.6) is 0 Å². The van der Waals surface area contributed by atoms with Crippen molar-refractivity contribution in [1.29, 1.82) is 0 Å². The Hall–Kier alpha value is -0.120. The average molecular weight is 242 g/mol. The molecule has 1 rings (SSSR count). The normalized spacial score (nSPS) is 31.8. The molecule has 1 aliphatic rings. The average Bonchev–Trinajstić information content (AvgIpc) is 2.32. The van der Waals surface area contributed by atoms with E-state index in [1.54, 1.807) is 0 Å². The van der Waals surface area contributed by atoms with Crippen LogP contribution in [-0.2, 0) is 0 Å². The monoisotopic (exact) mass is 242 g/mol. The fourth-order valence-corrected chi connectivity index (χ4v) is 3.02. The Labute approximate surface area is 106 Å². The first kappa shape index (κ1) is 14.9. The van der Waals surface area contributed by atoms with Gasteiger partial charge in [0.2, 0.25) is 0 Å². The molecular weight excluding hydrogens is 212 g/mol. The first-order valence-corrected chi connectivity index (χ1v) is 7.17. The Morgan fingerprint density at radius 3 is 2.41 bits per heavy atom. The van der Waals surface area contributed by atoms with Gasteiger partial charge in [0, 0.05) is 18.6 Å². The summed E-state index contributed by atoms with van der Waals surface area (Å²) in [7, 11) is 0. The molecule has 0 radical (unpaired) electrons. The standard InChI is InChI=1S/C14H30N2O/c1-4-16(10-7-13(3)17)14(11-15)8-5-12(2)6-9-14/h12-13,17H,4-11,15H2,1-3H3. The number of aliphatic hydroxyl groups excluding tert-OH is 1. The summed E-state index contributed by atoms with van der Waals surface area (Å²) in [4.78, 5) is 2.51. The number of hydrogen-bond acceptors (Lipinski definition) is 3. The molecule has 0 aromatic carbocycles. The second kappa shape index (κ2) is 6.72. The summed E-state index contributed by atoms with van der Waals surface area (Å²) >= 11 is 0. The van der Waals surface area contributed by atoms with E-state index in [2.05, 4.69) is 18.7 Å². The van der Waals surface area contributed by atoms with Crippen molar-refractivity contribution in [3.63, 3.8) is 0 Å². The Kier molecular flexibility index (Phi) is 5.90. The van der Waals surface area contributed by atoms with Gasteiger partial charge in [-0.05, 0) is 51.5 Å². The first-order chi connectivity index (χ1) is 8.04. The Balaban J connectivity index is 2.61. The predicted octanol–water partition coefficient (Wildman–Crippen LogP) is 1.99. The van der Waals surface area contributed by atoms with E-state index in [9.17, 15) is 5.11 Å². The maximum Gasteiger partial charge on any atom is 0.0524 e. The lowest BCUT2D eigenvalue weighted by Gasteiger charge is -2.47. The van der Waals surface area contributed by atoms with Crippen molar-refractivity contribution in [1.82, 2.24) is 4.90 Å². The van der Waals surface area contributed by atoms with Gasteiger partial charge in [0.25, 0.3) is 0 Å². The summed E-state index contributed by atoms with van der Waals surface area (Å²) in [5.41, 5.74) is 6.27. The quantitative estimate of drug-likeness (QED) is 0.749. The van der Waals surface area contributed by atoms with Gasteiger partial charge in [-0.25, -0.2) is 0 Å². The van der Waals surface area contributed by atoms with Crippen LogP contribution in [0.25, 0.3) is 0 Å². The highest BCUT2D eigenvalue weighted by molar-refractivity contribution is 4.95. The number of aliphatic hydroxyl groups is 1. The van der Waals surface area contributed by atoms with E-state index in [0.717, 1.165) is 32.0 Å². The van der Waals surface area contributed by atoms with Gasteiger partial charge in [-0.2, -0.15) is 0 Å². The largest absolute Gasteiger partial charge is 0.393 e. The maximum absolute atomic E-state index is 9.44. The highest BCUT2D eigenvalue weighted by atomic mass is 16.3. The van der Waals surface area contributed by atoms with Gasteiger partial charge in [-0.15, -0.1) is 0 Å². The van der Waals surface area contributed by atoms with Crippen LogP contribution in [0.2, 0.25) is 0 Å². The molecule has 3 N–H and O–H groups in total. The molecule has 1 aliphatic carbocycles. The van der Waals surface area contributed by atoms with Gasteiger partial charge in [-0.1, -0.05) is 13.8 Å². The van der Waals surface area contributed by atoms with Gasteiger partial charge < -0.3 is 10.8 Å². The maximum atomic E-state index is 9.44. The van der Waals surface area contributed by atoms with Crippen molar-refractivity contribution in [2.24, 2.45) is 11.7 Å². The SMILES string of the molecule is CCN(CCC(C)O)C1(CN)CCC(C)CC1. The topological polar surface area (TPSA) is 49.5 Å². The zero-order chi connectivity index (χ0) is 12.9. The predicted molar refractivity (Wildman–Crippen MR) is 73.0 cm³/mol. The highest BCUT2D eigenvalue weighted by Gasteiger charge is 2.37. The molecule has 0 aromatic heterocycles. The number of nitrogens with two attached hydrogens (primary N) is 1. The molecule has 1 saturated carbocycles. The van der Waals surface area contributed by atoms with E-state index < -0.39 is 0 Å². The summed E-state index contributed by atoms with van der Waals surface area (Å²) in [6.45, 7) is 9.18. The molecule has 17 heavy (non-hydrogen) atoms. The Morgan fingerprint density at radius 2 is 2.00 bits per heavy atom. The second-order valence-electron chi connectivity index (χ2n) is 5.83. The molecule has 0 aliphatic heterocycles. The molecule has 0 saturated heterocycles. The van der Waals surface area contributed by atoms with E-state index in [1.807, 2.05) is 6.92 Å². The van der Waals surface area contributed by atoms with Crippen LogP contribution >= 0.6 is 0 Å². The zero-order valence-corrected chi connectivity index (χ0v) is 11.8. The molecule has 0 amide bonds. The molecule has 0 aromatic rings. The lowest BCUT2D eigenvalue weighted by Crippen LogP contribution is -2.56. The molecular formula is C14H30N2O. The van der Waals surface area contributed by atoms with Crippen molar-refractivity contribution in [3.05, 3.63) is 0 Å². The highest BCUT2D eigenvalue weighted by Crippen LogP contribution is 2.35. The zero-order valence-electron chi connectivity index (χ0n) is 11.8. The van der Waals surface area contributed by atoms with Crippen molar-refractivity contribution in [2.45, 2.75) is 64.5 Å². The summed E-state index contributed by atoms with van der Waals surface area (Å²) < 4.78 is 0. The molecule has 1 atom stereocenters. The van der Waals surface area contributed by atoms with Crippen molar-refractivity contribution >= 4 is 0 Å². The van der Waals surface area contributed by atoms with Gasteiger partial charge in [0.05, 0.1) is 6.10 Å². The lowest BCUT2D eigenvalue weighted by atomic mass is 9.76. The smallest absolute Gasteiger partial charge is 0.0524 e. The fourth-order valence-electron chi connectivity index (χ4n) is 3.02. The number of likely N-dealkylation sites (N-methyl/N-ethyl adjacent to an activating group) is 1. The minimum atomic E-state index is -0.207. The Bertz CT molecular complexity index is 210. The lowest BCUT2D eigenvalue weighted by molar-refractivity contribution is 0.0370. The van der Waals surface area contributed by atoms with Crippen LogP contribution in [0.1, 0.15) is 52.9 Å². The summed E-state index contributed by atoms with van der Waals surface area (Å²) in [5, 5.41) is 9.44. The summed E-state index contributed by atoms with van der Waals surface area (Å²) in [6, 6.07) is 0. The third kappa shape index (κ3) is 3.94. The summed E-state index contributed by atoms with van der Waals surface area (Å²) in [5.74, 6) is 0.852. The minimum Gasteiger partial charge on any atom is -0.393 e. The molecule has 3 heteroatoms. The third-order valence-corrected chi connectivity index (χ3v) is 4.45. The van der Waals surface area contributed by atoms with Gasteiger partial charge in [0.15, 0.2) is 0 Å². The van der Waals surface area contributed by atoms with Crippen LogP contribution < -0.4 is 5.73 Å². The van der Waals surface area contributed by atoms with Crippen molar-refractivity contribution in [3.8, 4) is 0 Å².